The predicted molar refractivity (Wildman–Crippen MR) is 54.0 cm³/mol. The number of carbonyl (C=O) groups is 1. The molecule has 0 saturated carbocycles. The van der Waals surface area contributed by atoms with Gasteiger partial charge in [0.2, 0.25) is 0 Å². The van der Waals surface area contributed by atoms with Gasteiger partial charge < -0.3 is 4.74 Å². The third-order valence-electron chi connectivity index (χ3n) is 2.07. The Bertz CT molecular complexity index is 527. The lowest BCUT2D eigenvalue weighted by molar-refractivity contribution is -0.385. The molecule has 9 heteroatoms. The highest BCUT2D eigenvalue weighted by Gasteiger charge is 2.38. The average Bonchev–Trinajstić information content (AvgIpc) is 2.27. The van der Waals surface area contributed by atoms with Gasteiger partial charge in [0.15, 0.2) is 0 Å². The molecule has 0 aliphatic rings. The standard InChI is InChI=1S/C10H7F4NO4/c1-2-19-9(16)6-3-5(15(17)18)4-7(8(6)11)10(12,13)14/h3-4H,2H2,1H3. The van der Waals surface area contributed by atoms with Crippen molar-refractivity contribution < 1.29 is 32.0 Å². The van der Waals surface area contributed by atoms with Crippen LogP contribution < -0.4 is 0 Å². The number of carbonyl (C=O) groups excluding carboxylic acids is 1. The first-order chi connectivity index (χ1) is 8.68. The number of nitrogens with zero attached hydrogens (tertiary/aromatic N) is 1. The van der Waals surface area contributed by atoms with Crippen LogP contribution in [0.4, 0.5) is 23.2 Å². The van der Waals surface area contributed by atoms with E-state index < -0.39 is 39.7 Å². The van der Waals surface area contributed by atoms with Crippen LogP contribution in [0.2, 0.25) is 0 Å². The number of benzene rings is 1. The Labute approximate surface area is 103 Å². The summed E-state index contributed by atoms with van der Waals surface area (Å²) in [5, 5.41) is 10.5. The highest BCUT2D eigenvalue weighted by atomic mass is 19.4. The van der Waals surface area contributed by atoms with Crippen LogP contribution in [-0.4, -0.2) is 17.5 Å². The van der Waals surface area contributed by atoms with Gasteiger partial charge in [-0.2, -0.15) is 13.2 Å². The third kappa shape index (κ3) is 3.18. The molecule has 1 rings (SSSR count). The van der Waals surface area contributed by atoms with Crippen molar-refractivity contribution in [3.05, 3.63) is 39.2 Å². The van der Waals surface area contributed by atoms with Crippen LogP contribution in [0.25, 0.3) is 0 Å². The molecule has 0 aliphatic heterocycles. The number of nitro groups is 1. The maximum absolute atomic E-state index is 13.5. The molecular weight excluding hydrogens is 274 g/mol. The second-order valence-electron chi connectivity index (χ2n) is 3.33. The zero-order chi connectivity index (χ0) is 14.8. The van der Waals surface area contributed by atoms with E-state index in [1.54, 1.807) is 0 Å². The highest BCUT2D eigenvalue weighted by molar-refractivity contribution is 5.90. The third-order valence-corrected chi connectivity index (χ3v) is 2.07. The lowest BCUT2D eigenvalue weighted by Crippen LogP contribution is -2.15. The van der Waals surface area contributed by atoms with E-state index in [-0.39, 0.29) is 12.7 Å². The van der Waals surface area contributed by atoms with Gasteiger partial charge in [-0.05, 0) is 6.92 Å². The van der Waals surface area contributed by atoms with Crippen molar-refractivity contribution in [2.75, 3.05) is 6.61 Å². The monoisotopic (exact) mass is 281 g/mol. The van der Waals surface area contributed by atoms with Crippen molar-refractivity contribution in [2.24, 2.45) is 0 Å². The average molecular weight is 281 g/mol. The molecule has 0 unspecified atom stereocenters. The lowest BCUT2D eigenvalue weighted by Gasteiger charge is -2.10. The zero-order valence-corrected chi connectivity index (χ0v) is 9.45. The summed E-state index contributed by atoms with van der Waals surface area (Å²) in [5.74, 6) is -3.29. The number of halogens is 4. The van der Waals surface area contributed by atoms with Gasteiger partial charge in [0.25, 0.3) is 5.69 Å². The molecular formula is C10H7F4NO4. The summed E-state index contributed by atoms with van der Waals surface area (Å²) in [5.41, 5.74) is -4.05. The van der Waals surface area contributed by atoms with Crippen molar-refractivity contribution in [3.63, 3.8) is 0 Å². The first kappa shape index (κ1) is 14.9. The van der Waals surface area contributed by atoms with Crippen molar-refractivity contribution in [2.45, 2.75) is 13.1 Å². The molecule has 0 fully saturated rings. The van der Waals surface area contributed by atoms with E-state index in [1.807, 2.05) is 0 Å². The van der Waals surface area contributed by atoms with Crippen LogP contribution >= 0.6 is 0 Å². The maximum Gasteiger partial charge on any atom is 0.419 e. The molecule has 0 amide bonds. The molecule has 0 bridgehead atoms. The molecule has 1 aromatic rings. The van der Waals surface area contributed by atoms with Gasteiger partial charge in [-0.25, -0.2) is 9.18 Å². The van der Waals surface area contributed by atoms with Gasteiger partial charge in [-0.1, -0.05) is 0 Å². The van der Waals surface area contributed by atoms with Crippen LogP contribution in [0.5, 0.6) is 0 Å². The van der Waals surface area contributed by atoms with Crippen molar-refractivity contribution in [1.82, 2.24) is 0 Å². The van der Waals surface area contributed by atoms with Gasteiger partial charge in [0, 0.05) is 12.1 Å². The smallest absolute Gasteiger partial charge is 0.419 e. The van der Waals surface area contributed by atoms with Gasteiger partial charge in [0.1, 0.15) is 11.4 Å². The summed E-state index contributed by atoms with van der Waals surface area (Å²) >= 11 is 0. The first-order valence-electron chi connectivity index (χ1n) is 4.90. The summed E-state index contributed by atoms with van der Waals surface area (Å²) in [4.78, 5) is 20.6. The van der Waals surface area contributed by atoms with E-state index in [1.165, 1.54) is 6.92 Å². The van der Waals surface area contributed by atoms with Crippen molar-refractivity contribution in [3.8, 4) is 0 Å². The SMILES string of the molecule is CCOC(=O)c1cc([N+](=O)[O-])cc(C(F)(F)F)c1F. The minimum atomic E-state index is -5.16. The van der Waals surface area contributed by atoms with E-state index in [0.29, 0.717) is 6.07 Å². The summed E-state index contributed by atoms with van der Waals surface area (Å²) in [6.45, 7) is 1.15. The second kappa shape index (κ2) is 5.21. The molecule has 0 N–H and O–H groups in total. The van der Waals surface area contributed by atoms with Crippen LogP contribution in [0.15, 0.2) is 12.1 Å². The molecule has 0 aliphatic carbocycles. The molecule has 0 aromatic heterocycles. The Morgan fingerprint density at radius 3 is 2.42 bits per heavy atom. The zero-order valence-electron chi connectivity index (χ0n) is 9.45. The fourth-order valence-electron chi connectivity index (χ4n) is 1.28. The predicted octanol–water partition coefficient (Wildman–Crippen LogP) is 2.93. The normalized spacial score (nSPS) is 11.2. The molecule has 0 spiro atoms. The molecule has 0 atom stereocenters. The minimum Gasteiger partial charge on any atom is -0.462 e. The molecule has 0 saturated heterocycles. The maximum atomic E-state index is 13.5. The van der Waals surface area contributed by atoms with Crippen molar-refractivity contribution in [1.29, 1.82) is 0 Å². The molecule has 19 heavy (non-hydrogen) atoms. The number of esters is 1. The Hall–Kier alpha value is -2.19. The molecule has 1 aromatic carbocycles. The first-order valence-corrected chi connectivity index (χ1v) is 4.90. The Kier molecular flexibility index (Phi) is 4.07. The van der Waals surface area contributed by atoms with Crippen LogP contribution in [-0.2, 0) is 10.9 Å². The van der Waals surface area contributed by atoms with Gasteiger partial charge >= 0.3 is 12.1 Å². The number of nitro benzene ring substituents is 1. The van der Waals surface area contributed by atoms with Crippen LogP contribution in [0.1, 0.15) is 22.8 Å². The quantitative estimate of drug-likeness (QED) is 0.369. The largest absolute Gasteiger partial charge is 0.462 e. The number of ether oxygens (including phenoxy) is 1. The van der Waals surface area contributed by atoms with Crippen molar-refractivity contribution >= 4 is 11.7 Å². The minimum absolute atomic E-state index is 0.0259. The van der Waals surface area contributed by atoms with Crippen LogP contribution in [0.3, 0.4) is 0 Å². The van der Waals surface area contributed by atoms with Gasteiger partial charge in [0.05, 0.1) is 17.1 Å². The van der Waals surface area contributed by atoms with E-state index in [4.69, 9.17) is 0 Å². The lowest BCUT2D eigenvalue weighted by atomic mass is 10.1. The van der Waals surface area contributed by atoms with E-state index >= 15 is 0 Å². The highest BCUT2D eigenvalue weighted by Crippen LogP contribution is 2.35. The fraction of sp³-hybridized carbons (Fsp3) is 0.300. The number of hydrogen-bond donors (Lipinski definition) is 0. The second-order valence-corrected chi connectivity index (χ2v) is 3.33. The van der Waals surface area contributed by atoms with E-state index in [2.05, 4.69) is 4.74 Å². The summed E-state index contributed by atoms with van der Waals surface area (Å²) in [7, 11) is 0. The Balaban J connectivity index is 3.50. The number of rotatable bonds is 3. The Morgan fingerprint density at radius 1 is 1.42 bits per heavy atom. The summed E-state index contributed by atoms with van der Waals surface area (Å²) in [6, 6.07) is 0.431. The molecule has 0 radical (unpaired) electrons. The number of non-ortho nitro benzene ring substituents is 1. The van der Waals surface area contributed by atoms with E-state index in [0.717, 1.165) is 0 Å². The van der Waals surface area contributed by atoms with Gasteiger partial charge in [-0.3, -0.25) is 10.1 Å². The number of alkyl halides is 3. The summed E-state index contributed by atoms with van der Waals surface area (Å²) < 4.78 is 55.4. The topological polar surface area (TPSA) is 69.4 Å². The Morgan fingerprint density at radius 2 is 2.00 bits per heavy atom. The molecule has 0 heterocycles. The summed E-state index contributed by atoms with van der Waals surface area (Å²) in [6.07, 6.45) is -5.16. The van der Waals surface area contributed by atoms with Gasteiger partial charge in [-0.15, -0.1) is 0 Å². The van der Waals surface area contributed by atoms with Crippen LogP contribution in [0, 0.1) is 15.9 Å². The van der Waals surface area contributed by atoms with E-state index in [9.17, 15) is 32.5 Å². The molecule has 104 valence electrons. The molecule has 5 nitrogen and oxygen atoms in total. The number of hydrogen-bond acceptors (Lipinski definition) is 4. The fourth-order valence-corrected chi connectivity index (χ4v) is 1.28.